The lowest BCUT2D eigenvalue weighted by Crippen LogP contribution is -2.35. The van der Waals surface area contributed by atoms with E-state index in [0.717, 1.165) is 36.5 Å². The summed E-state index contributed by atoms with van der Waals surface area (Å²) < 4.78 is 59.6. The van der Waals surface area contributed by atoms with Crippen molar-refractivity contribution in [1.29, 1.82) is 0 Å². The topological polar surface area (TPSA) is 140 Å². The molecule has 56 heavy (non-hydrogen) atoms. The van der Waals surface area contributed by atoms with Gasteiger partial charge in [-0.2, -0.15) is 0 Å². The number of nitrogens with one attached hydrogen (secondary N) is 3. The standard InChI is InChI=1S/C18H21ClFN3O2S.C13H20N2O2S.C6H5ClFN.3CH4/c1-18(2,3)26(25)22-14-8-9-23-15(14)6-7-16(23)17(24)21-11-4-5-13(20)12(19)10-11;1-9(16)11-5-6-12-10(7-8-15(11)12)14-18(17)13(2,3)4;7-5-3-4(9)1-2-6(5)8;;;/h4-7,10,14,22H,8-9H2,1-3H3,(H,21,24);5-6,10,14H,7-8H2,1-4H3;1-3H,9H2;3*1H4. The Kier molecular flexibility index (Phi) is 18.8. The van der Waals surface area contributed by atoms with Gasteiger partial charge in [-0.1, -0.05) is 45.5 Å². The molecule has 0 aliphatic carbocycles. The lowest BCUT2D eigenvalue weighted by molar-refractivity contribution is 0.1000. The fourth-order valence-electron chi connectivity index (χ4n) is 5.52. The Balaban J connectivity index is 0.000000455. The molecule has 2 aliphatic heterocycles. The second-order valence-corrected chi connectivity index (χ2v) is 19.4. The van der Waals surface area contributed by atoms with E-state index >= 15 is 0 Å². The molecular formula is C40H58Cl2F2N6O4S2. The van der Waals surface area contributed by atoms with Gasteiger partial charge in [-0.05, 0) is 115 Å². The predicted octanol–water partition coefficient (Wildman–Crippen LogP) is 10.2. The molecule has 0 bridgehead atoms. The van der Waals surface area contributed by atoms with Crippen LogP contribution in [-0.2, 0) is 35.1 Å². The molecule has 0 radical (unpaired) electrons. The van der Waals surface area contributed by atoms with Crippen molar-refractivity contribution in [1.82, 2.24) is 18.6 Å². The van der Waals surface area contributed by atoms with E-state index in [0.29, 0.717) is 23.6 Å². The number of carbonyl (C=O) groups excluding carboxylic acids is 2. The molecule has 4 aromatic rings. The van der Waals surface area contributed by atoms with Crippen LogP contribution in [-0.4, -0.2) is 38.7 Å². The van der Waals surface area contributed by atoms with E-state index in [1.165, 1.54) is 36.4 Å². The number of carbonyl (C=O) groups is 2. The first-order valence-electron chi connectivity index (χ1n) is 16.9. The monoisotopic (exact) mass is 858 g/mol. The predicted molar refractivity (Wildman–Crippen MR) is 231 cm³/mol. The summed E-state index contributed by atoms with van der Waals surface area (Å²) in [7, 11) is -2.27. The van der Waals surface area contributed by atoms with Crippen LogP contribution in [0.5, 0.6) is 0 Å². The summed E-state index contributed by atoms with van der Waals surface area (Å²) in [6, 6.07) is 15.6. The Bertz CT molecular complexity index is 2020. The molecule has 6 rings (SSSR count). The number of halogens is 4. The van der Waals surface area contributed by atoms with E-state index in [9.17, 15) is 26.8 Å². The number of hydrogen-bond acceptors (Lipinski definition) is 5. The van der Waals surface area contributed by atoms with Crippen molar-refractivity contribution in [3.8, 4) is 0 Å². The zero-order valence-corrected chi connectivity index (χ0v) is 33.8. The third-order valence-corrected chi connectivity index (χ3v) is 12.2. The van der Waals surface area contributed by atoms with Gasteiger partial charge in [-0.3, -0.25) is 9.59 Å². The van der Waals surface area contributed by atoms with Gasteiger partial charge in [-0.25, -0.2) is 26.6 Å². The van der Waals surface area contributed by atoms with Gasteiger partial charge in [0.1, 0.15) is 17.3 Å². The second-order valence-electron chi connectivity index (χ2n) is 14.6. The minimum atomic E-state index is -1.19. The van der Waals surface area contributed by atoms with E-state index in [1.54, 1.807) is 13.0 Å². The molecule has 4 unspecified atom stereocenters. The lowest BCUT2D eigenvalue weighted by Gasteiger charge is -2.21. The number of rotatable bonds is 7. The molecule has 16 heteroatoms. The Labute approximate surface area is 346 Å². The zero-order chi connectivity index (χ0) is 39.4. The average Bonchev–Trinajstić information content (AvgIpc) is 3.85. The van der Waals surface area contributed by atoms with Crippen LogP contribution in [0.3, 0.4) is 0 Å². The first-order chi connectivity index (χ1) is 24.7. The van der Waals surface area contributed by atoms with E-state index < -0.39 is 33.6 Å². The third-order valence-electron chi connectivity index (χ3n) is 8.35. The van der Waals surface area contributed by atoms with Gasteiger partial charge in [0.05, 0.1) is 59.3 Å². The van der Waals surface area contributed by atoms with Crippen molar-refractivity contribution in [2.24, 2.45) is 0 Å². The van der Waals surface area contributed by atoms with Gasteiger partial charge >= 0.3 is 0 Å². The highest BCUT2D eigenvalue weighted by molar-refractivity contribution is 7.84. The molecule has 10 nitrogen and oxygen atoms in total. The molecule has 2 aliphatic rings. The van der Waals surface area contributed by atoms with Crippen LogP contribution in [0.1, 0.15) is 128 Å². The average molecular weight is 860 g/mol. The largest absolute Gasteiger partial charge is 0.399 e. The number of nitrogens with two attached hydrogens (primary N) is 1. The molecule has 1 amide bonds. The molecule has 0 saturated carbocycles. The number of Topliss-reactive ketones (excluding diaryl/α,β-unsaturated/α-hetero) is 1. The van der Waals surface area contributed by atoms with Crippen molar-refractivity contribution in [3.05, 3.63) is 105 Å². The number of ketones is 1. The fraction of sp³-hybridized carbons (Fsp3) is 0.450. The minimum absolute atomic E-state index is 0. The number of amides is 1. The molecule has 312 valence electrons. The number of nitrogens with zero attached hydrogens (tertiary/aromatic N) is 2. The molecular weight excluding hydrogens is 802 g/mol. The SMILES string of the molecule is C.C.C.CC(=O)c1ccc2n1CCC2NS(=O)C(C)(C)C.CC(C)(C)S(=O)NC1CCn2c(C(=O)Nc3ccc(F)c(Cl)c3)ccc21.Nc1ccc(F)c(Cl)c1. The summed E-state index contributed by atoms with van der Waals surface area (Å²) in [5.41, 5.74) is 9.43. The summed E-state index contributed by atoms with van der Waals surface area (Å²) in [6.07, 6.45) is 1.65. The number of fused-ring (bicyclic) bond motifs is 2. The maximum atomic E-state index is 13.2. The highest BCUT2D eigenvalue weighted by atomic mass is 35.5. The van der Waals surface area contributed by atoms with Crippen LogP contribution >= 0.6 is 23.2 Å². The van der Waals surface area contributed by atoms with Crippen LogP contribution in [0.4, 0.5) is 20.2 Å². The van der Waals surface area contributed by atoms with Gasteiger partial charge in [0, 0.05) is 42.8 Å². The summed E-state index contributed by atoms with van der Waals surface area (Å²) in [6.45, 7) is 14.6. The molecule has 2 aromatic carbocycles. The van der Waals surface area contributed by atoms with Crippen LogP contribution in [0.2, 0.25) is 10.0 Å². The van der Waals surface area contributed by atoms with Crippen molar-refractivity contribution >= 4 is 68.2 Å². The lowest BCUT2D eigenvalue weighted by atomic mass is 10.2. The first-order valence-corrected chi connectivity index (χ1v) is 20.0. The Morgan fingerprint density at radius 2 is 1.14 bits per heavy atom. The molecule has 2 aromatic heterocycles. The van der Waals surface area contributed by atoms with E-state index in [1.807, 2.05) is 68.9 Å². The number of aromatic nitrogens is 2. The number of anilines is 2. The second kappa shape index (κ2) is 20.9. The van der Waals surface area contributed by atoms with Crippen molar-refractivity contribution < 1.29 is 26.8 Å². The summed E-state index contributed by atoms with van der Waals surface area (Å²) in [4.78, 5) is 24.0. The normalized spacial score (nSPS) is 16.5. The quantitative estimate of drug-likeness (QED) is 0.108. The van der Waals surface area contributed by atoms with Gasteiger partial charge in [-0.15, -0.1) is 0 Å². The Morgan fingerprint density at radius 3 is 1.55 bits per heavy atom. The summed E-state index contributed by atoms with van der Waals surface area (Å²) in [5.74, 6) is -1.18. The molecule has 0 spiro atoms. The number of hydrogen-bond donors (Lipinski definition) is 4. The zero-order valence-electron chi connectivity index (χ0n) is 30.7. The van der Waals surface area contributed by atoms with Crippen molar-refractivity contribution in [3.63, 3.8) is 0 Å². The van der Waals surface area contributed by atoms with Gasteiger partial charge < -0.3 is 20.2 Å². The maximum absolute atomic E-state index is 13.2. The van der Waals surface area contributed by atoms with Crippen LogP contribution in [0.15, 0.2) is 60.7 Å². The highest BCUT2D eigenvalue weighted by Crippen LogP contribution is 2.32. The van der Waals surface area contributed by atoms with Crippen LogP contribution in [0.25, 0.3) is 0 Å². The molecule has 0 saturated heterocycles. The smallest absolute Gasteiger partial charge is 0.272 e. The maximum Gasteiger partial charge on any atom is 0.272 e. The van der Waals surface area contributed by atoms with Gasteiger partial charge in [0.2, 0.25) is 0 Å². The summed E-state index contributed by atoms with van der Waals surface area (Å²) >= 11 is 11.1. The molecule has 5 N–H and O–H groups in total. The summed E-state index contributed by atoms with van der Waals surface area (Å²) in [5, 5.41) is 2.75. The molecule has 4 atom stereocenters. The van der Waals surface area contributed by atoms with E-state index in [2.05, 4.69) is 14.8 Å². The first kappa shape index (κ1) is 50.6. The Hall–Kier alpha value is -3.40. The highest BCUT2D eigenvalue weighted by Gasteiger charge is 2.32. The minimum Gasteiger partial charge on any atom is -0.399 e. The van der Waals surface area contributed by atoms with Crippen molar-refractivity contribution in [2.45, 2.75) is 118 Å². The van der Waals surface area contributed by atoms with E-state index in [-0.39, 0.29) is 65.6 Å². The Morgan fingerprint density at radius 1 is 0.714 bits per heavy atom. The van der Waals surface area contributed by atoms with Gasteiger partial charge in [0.15, 0.2) is 5.78 Å². The molecule has 4 heterocycles. The van der Waals surface area contributed by atoms with Crippen molar-refractivity contribution in [2.75, 3.05) is 11.1 Å². The van der Waals surface area contributed by atoms with Gasteiger partial charge in [0.25, 0.3) is 5.91 Å². The van der Waals surface area contributed by atoms with E-state index in [4.69, 9.17) is 28.9 Å². The third kappa shape index (κ3) is 12.8. The fourth-order valence-corrected chi connectivity index (χ4v) is 7.59. The van der Waals surface area contributed by atoms with Crippen LogP contribution < -0.4 is 20.5 Å². The molecule has 0 fully saturated rings. The number of benzene rings is 2. The number of nitrogen functional groups attached to an aromatic ring is 1. The van der Waals surface area contributed by atoms with Crippen LogP contribution in [0, 0.1) is 11.6 Å².